The molecule has 0 aliphatic rings. The van der Waals surface area contributed by atoms with E-state index < -0.39 is 0 Å². The number of nitrogens with zero attached hydrogens (tertiary/aromatic N) is 2. The molecule has 2 N–H and O–H groups in total. The molecule has 0 fully saturated rings. The van der Waals surface area contributed by atoms with Gasteiger partial charge in [-0.15, -0.1) is 0 Å². The van der Waals surface area contributed by atoms with Gasteiger partial charge in [-0.25, -0.2) is 9.97 Å². The van der Waals surface area contributed by atoms with Gasteiger partial charge in [-0.2, -0.15) is 0 Å². The second-order valence-corrected chi connectivity index (χ2v) is 5.97. The lowest BCUT2D eigenvalue weighted by molar-refractivity contribution is 0.0949. The van der Waals surface area contributed by atoms with Crippen molar-refractivity contribution < 1.29 is 14.3 Å². The first-order valence-electron chi connectivity index (χ1n) is 8.83. The Bertz CT molecular complexity index is 932. The molecular formula is C21H22N4O3. The molecule has 0 aliphatic carbocycles. The van der Waals surface area contributed by atoms with Crippen molar-refractivity contribution in [2.24, 2.45) is 0 Å². The average molecular weight is 378 g/mol. The van der Waals surface area contributed by atoms with E-state index in [0.29, 0.717) is 29.5 Å². The number of carbonyl (C=O) groups is 1. The summed E-state index contributed by atoms with van der Waals surface area (Å²) in [4.78, 5) is 20.6. The van der Waals surface area contributed by atoms with Gasteiger partial charge in [0.05, 0.1) is 19.9 Å². The smallest absolute Gasteiger partial charge is 0.270 e. The fourth-order valence-corrected chi connectivity index (χ4v) is 2.65. The number of hydrogen-bond donors (Lipinski definition) is 2. The third-order valence-corrected chi connectivity index (χ3v) is 4.11. The van der Waals surface area contributed by atoms with Crippen LogP contribution in [0.4, 0.5) is 11.5 Å². The van der Waals surface area contributed by atoms with Crippen LogP contribution in [0.5, 0.6) is 11.5 Å². The zero-order valence-corrected chi connectivity index (χ0v) is 15.8. The van der Waals surface area contributed by atoms with Crippen molar-refractivity contribution in [1.29, 1.82) is 0 Å². The zero-order chi connectivity index (χ0) is 19.8. The Morgan fingerprint density at radius 3 is 2.57 bits per heavy atom. The van der Waals surface area contributed by atoms with E-state index >= 15 is 0 Å². The topological polar surface area (TPSA) is 85.4 Å². The highest BCUT2D eigenvalue weighted by Gasteiger charge is 2.10. The molecule has 7 nitrogen and oxygen atoms in total. The number of nitrogens with one attached hydrogen (secondary N) is 2. The average Bonchev–Trinajstić information content (AvgIpc) is 2.75. The van der Waals surface area contributed by atoms with Crippen LogP contribution in [0, 0.1) is 0 Å². The number of rotatable bonds is 8. The first kappa shape index (κ1) is 19.2. The van der Waals surface area contributed by atoms with Crippen molar-refractivity contribution in [1.82, 2.24) is 15.3 Å². The van der Waals surface area contributed by atoms with Crippen LogP contribution in [0.3, 0.4) is 0 Å². The summed E-state index contributed by atoms with van der Waals surface area (Å²) < 4.78 is 10.6. The lowest BCUT2D eigenvalue weighted by Gasteiger charge is -2.12. The maximum Gasteiger partial charge on any atom is 0.270 e. The minimum Gasteiger partial charge on any atom is -0.497 e. The Labute approximate surface area is 163 Å². The Morgan fingerprint density at radius 1 is 1.00 bits per heavy atom. The van der Waals surface area contributed by atoms with Gasteiger partial charge in [0.25, 0.3) is 5.91 Å². The first-order valence-corrected chi connectivity index (χ1v) is 8.83. The highest BCUT2D eigenvalue weighted by atomic mass is 16.5. The minimum absolute atomic E-state index is 0.247. The molecular weight excluding hydrogens is 356 g/mol. The van der Waals surface area contributed by atoms with Gasteiger partial charge in [0, 0.05) is 18.7 Å². The van der Waals surface area contributed by atoms with Crippen LogP contribution in [0.2, 0.25) is 0 Å². The van der Waals surface area contributed by atoms with Gasteiger partial charge >= 0.3 is 0 Å². The van der Waals surface area contributed by atoms with Gasteiger partial charge in [0.1, 0.15) is 29.3 Å². The monoisotopic (exact) mass is 378 g/mol. The SMILES string of the molecule is COc1ccc(Nc2cc(C(=O)NCCc3ccccc3)ncn2)c(OC)c1. The van der Waals surface area contributed by atoms with Crippen molar-refractivity contribution in [3.8, 4) is 11.5 Å². The molecule has 0 bridgehead atoms. The fourth-order valence-electron chi connectivity index (χ4n) is 2.65. The molecule has 0 spiro atoms. The van der Waals surface area contributed by atoms with Gasteiger partial charge < -0.3 is 20.1 Å². The predicted octanol–water partition coefficient (Wildman–Crippen LogP) is 3.21. The number of carbonyl (C=O) groups excluding carboxylic acids is 1. The van der Waals surface area contributed by atoms with Crippen LogP contribution in [0.15, 0.2) is 60.9 Å². The van der Waals surface area contributed by atoms with Crippen molar-refractivity contribution >= 4 is 17.4 Å². The van der Waals surface area contributed by atoms with Gasteiger partial charge in [0.2, 0.25) is 0 Å². The van der Waals surface area contributed by atoms with Gasteiger partial charge in [-0.3, -0.25) is 4.79 Å². The number of anilines is 2. The quantitative estimate of drug-likeness (QED) is 0.626. The van der Waals surface area contributed by atoms with Gasteiger partial charge in [-0.1, -0.05) is 30.3 Å². The van der Waals surface area contributed by atoms with E-state index in [4.69, 9.17) is 9.47 Å². The molecule has 0 atom stereocenters. The molecule has 0 saturated carbocycles. The molecule has 0 aliphatic heterocycles. The number of benzene rings is 2. The van der Waals surface area contributed by atoms with E-state index in [-0.39, 0.29) is 11.6 Å². The minimum atomic E-state index is -0.247. The highest BCUT2D eigenvalue weighted by molar-refractivity contribution is 5.93. The largest absolute Gasteiger partial charge is 0.497 e. The van der Waals surface area contributed by atoms with Crippen LogP contribution >= 0.6 is 0 Å². The fraction of sp³-hybridized carbons (Fsp3) is 0.190. The van der Waals surface area contributed by atoms with Crippen LogP contribution < -0.4 is 20.1 Å². The normalized spacial score (nSPS) is 10.2. The molecule has 7 heteroatoms. The highest BCUT2D eigenvalue weighted by Crippen LogP contribution is 2.30. The van der Waals surface area contributed by atoms with Gasteiger partial charge in [0.15, 0.2) is 0 Å². The van der Waals surface area contributed by atoms with E-state index in [1.807, 2.05) is 42.5 Å². The predicted molar refractivity (Wildman–Crippen MR) is 107 cm³/mol. The van der Waals surface area contributed by atoms with Gasteiger partial charge in [-0.05, 0) is 24.1 Å². The molecule has 3 rings (SSSR count). The molecule has 0 radical (unpaired) electrons. The summed E-state index contributed by atoms with van der Waals surface area (Å²) in [5, 5.41) is 6.02. The van der Waals surface area contributed by atoms with Crippen LogP contribution in [-0.2, 0) is 6.42 Å². The second kappa shape index (κ2) is 9.36. The van der Waals surface area contributed by atoms with Crippen LogP contribution in [0.1, 0.15) is 16.1 Å². The number of ether oxygens (including phenoxy) is 2. The van der Waals surface area contributed by atoms with E-state index in [0.717, 1.165) is 6.42 Å². The van der Waals surface area contributed by atoms with Crippen LogP contribution in [-0.4, -0.2) is 36.6 Å². The lowest BCUT2D eigenvalue weighted by Crippen LogP contribution is -2.26. The van der Waals surface area contributed by atoms with E-state index in [2.05, 4.69) is 20.6 Å². The Morgan fingerprint density at radius 2 is 1.82 bits per heavy atom. The number of amides is 1. The molecule has 28 heavy (non-hydrogen) atoms. The summed E-state index contributed by atoms with van der Waals surface area (Å²) in [6.07, 6.45) is 2.11. The molecule has 3 aromatic rings. The lowest BCUT2D eigenvalue weighted by atomic mass is 10.1. The Kier molecular flexibility index (Phi) is 6.41. The standard InChI is InChI=1S/C21H22N4O3/c1-27-16-8-9-17(19(12-16)28-2)25-20-13-18(23-14-24-20)21(26)22-11-10-15-6-4-3-5-7-15/h3-9,12-14H,10-11H2,1-2H3,(H,22,26)(H,23,24,25). The Hall–Kier alpha value is -3.61. The van der Waals surface area contributed by atoms with E-state index in [1.165, 1.54) is 11.9 Å². The van der Waals surface area contributed by atoms with Crippen molar-refractivity contribution in [2.75, 3.05) is 26.1 Å². The maximum atomic E-state index is 12.4. The second-order valence-electron chi connectivity index (χ2n) is 5.97. The summed E-state index contributed by atoms with van der Waals surface area (Å²) in [5.41, 5.74) is 2.16. The molecule has 0 unspecified atom stereocenters. The Balaban J connectivity index is 1.64. The van der Waals surface area contributed by atoms with E-state index in [9.17, 15) is 4.79 Å². The molecule has 1 amide bonds. The summed E-state index contributed by atoms with van der Waals surface area (Å²) in [6, 6.07) is 17.0. The molecule has 0 saturated heterocycles. The number of aromatic nitrogens is 2. The summed E-state index contributed by atoms with van der Waals surface area (Å²) >= 11 is 0. The van der Waals surface area contributed by atoms with Crippen molar-refractivity contribution in [3.05, 3.63) is 72.2 Å². The molecule has 1 heterocycles. The van der Waals surface area contributed by atoms with E-state index in [1.54, 1.807) is 26.4 Å². The molecule has 2 aromatic carbocycles. The third-order valence-electron chi connectivity index (χ3n) is 4.11. The third kappa shape index (κ3) is 4.97. The first-order chi connectivity index (χ1) is 13.7. The molecule has 144 valence electrons. The summed E-state index contributed by atoms with van der Waals surface area (Å²) in [7, 11) is 3.17. The molecule has 1 aromatic heterocycles. The zero-order valence-electron chi connectivity index (χ0n) is 15.8. The van der Waals surface area contributed by atoms with Crippen molar-refractivity contribution in [2.45, 2.75) is 6.42 Å². The van der Waals surface area contributed by atoms with Crippen molar-refractivity contribution in [3.63, 3.8) is 0 Å². The summed E-state index contributed by atoms with van der Waals surface area (Å²) in [6.45, 7) is 0.530. The van der Waals surface area contributed by atoms with Crippen LogP contribution in [0.25, 0.3) is 0 Å². The number of methoxy groups -OCH3 is 2. The summed E-state index contributed by atoms with van der Waals surface area (Å²) in [5.74, 6) is 1.53. The number of hydrogen-bond acceptors (Lipinski definition) is 6. The maximum absolute atomic E-state index is 12.4.